The number of anilines is 1. The minimum atomic E-state index is -0.433. The number of piperazine rings is 1. The monoisotopic (exact) mass is 341 g/mol. The highest BCUT2D eigenvalue weighted by Gasteiger charge is 2.37. The van der Waals surface area contributed by atoms with Crippen LogP contribution in [0.1, 0.15) is 0 Å². The molecule has 0 saturated carbocycles. The number of carbonyl (C=O) groups excluding carboxylic acids is 1. The molecule has 2 amide bonds. The van der Waals surface area contributed by atoms with Gasteiger partial charge in [0.15, 0.2) is 0 Å². The summed E-state index contributed by atoms with van der Waals surface area (Å²) in [5.74, 6) is 0. The molecule has 2 aliphatic rings. The molecule has 1 aromatic heterocycles. The summed E-state index contributed by atoms with van der Waals surface area (Å²) in [5, 5.41) is 13.9. The van der Waals surface area contributed by atoms with E-state index in [-0.39, 0.29) is 17.8 Å². The number of fused-ring (bicyclic) bond motifs is 1. The molecule has 2 aliphatic heterocycles. The van der Waals surface area contributed by atoms with Crippen LogP contribution in [0, 0.1) is 10.1 Å². The van der Waals surface area contributed by atoms with Gasteiger partial charge < -0.3 is 15.1 Å². The number of nitrogens with one attached hydrogen (secondary N) is 1. The number of carbonyl (C=O) groups is 1. The smallest absolute Gasteiger partial charge is 0.317 e. The Balaban J connectivity index is 1.91. The van der Waals surface area contributed by atoms with Gasteiger partial charge in [0, 0.05) is 32.4 Å². The van der Waals surface area contributed by atoms with E-state index in [0.717, 1.165) is 0 Å². The van der Waals surface area contributed by atoms with Crippen LogP contribution in [0.3, 0.4) is 0 Å². The van der Waals surface area contributed by atoms with E-state index in [0.29, 0.717) is 36.3 Å². The molecule has 3 rings (SSSR count). The number of hydrogen-bond acceptors (Lipinski definition) is 5. The summed E-state index contributed by atoms with van der Waals surface area (Å²) in [6.45, 7) is 2.27. The Kier molecular flexibility index (Phi) is 3.20. The van der Waals surface area contributed by atoms with Crippen molar-refractivity contribution >= 4 is 33.3 Å². The van der Waals surface area contributed by atoms with Gasteiger partial charge in [-0.2, -0.15) is 0 Å². The molecule has 0 aromatic carbocycles. The Morgan fingerprint density at radius 3 is 3.00 bits per heavy atom. The maximum Gasteiger partial charge on any atom is 0.317 e. The van der Waals surface area contributed by atoms with E-state index in [1.807, 2.05) is 4.90 Å². The molecule has 8 nitrogen and oxygen atoms in total. The number of aromatic nitrogens is 1. The van der Waals surface area contributed by atoms with E-state index in [2.05, 4.69) is 26.2 Å². The van der Waals surface area contributed by atoms with Crippen molar-refractivity contribution in [3.63, 3.8) is 0 Å². The average Bonchev–Trinajstić information content (AvgIpc) is 2.79. The maximum atomic E-state index is 11.6. The van der Waals surface area contributed by atoms with Crippen LogP contribution in [0.15, 0.2) is 16.9 Å². The molecule has 20 heavy (non-hydrogen) atoms. The number of pyridine rings is 1. The zero-order chi connectivity index (χ0) is 14.3. The first-order chi connectivity index (χ1) is 9.58. The van der Waals surface area contributed by atoms with Crippen LogP contribution in [0.2, 0.25) is 0 Å². The second-order valence-corrected chi connectivity index (χ2v) is 5.58. The lowest BCUT2D eigenvalue weighted by molar-refractivity contribution is -0.384. The third-order valence-corrected chi connectivity index (χ3v) is 4.18. The molecule has 0 radical (unpaired) electrons. The van der Waals surface area contributed by atoms with E-state index in [1.54, 1.807) is 11.1 Å². The third-order valence-electron chi connectivity index (χ3n) is 3.60. The molecule has 0 bridgehead atoms. The minimum absolute atomic E-state index is 0.0230. The predicted octanol–water partition coefficient (Wildman–Crippen LogP) is 0.966. The molecule has 0 spiro atoms. The Morgan fingerprint density at radius 2 is 2.25 bits per heavy atom. The van der Waals surface area contributed by atoms with Crippen LogP contribution in [0.4, 0.5) is 16.2 Å². The number of rotatable bonds is 2. The fraction of sp³-hybridized carbons (Fsp3) is 0.455. The number of urea groups is 1. The molecule has 9 heteroatoms. The van der Waals surface area contributed by atoms with Gasteiger partial charge in [-0.05, 0) is 15.9 Å². The van der Waals surface area contributed by atoms with Crippen LogP contribution in [0.25, 0.3) is 0 Å². The van der Waals surface area contributed by atoms with Crippen LogP contribution in [-0.2, 0) is 0 Å². The fourth-order valence-electron chi connectivity index (χ4n) is 2.67. The van der Waals surface area contributed by atoms with Crippen molar-refractivity contribution in [1.29, 1.82) is 0 Å². The molecule has 1 aromatic rings. The first kappa shape index (κ1) is 13.1. The second kappa shape index (κ2) is 4.89. The lowest BCUT2D eigenvalue weighted by Crippen LogP contribution is -2.52. The molecular formula is C11H12BrN5O3. The van der Waals surface area contributed by atoms with Gasteiger partial charge in [-0.1, -0.05) is 0 Å². The molecule has 1 N–H and O–H groups in total. The fourth-order valence-corrected chi connectivity index (χ4v) is 3.24. The summed E-state index contributed by atoms with van der Waals surface area (Å²) in [6, 6.07) is -0.00568. The zero-order valence-electron chi connectivity index (χ0n) is 10.5. The first-order valence-corrected chi connectivity index (χ1v) is 6.94. The zero-order valence-corrected chi connectivity index (χ0v) is 12.0. The number of nitrogens with zero attached hydrogens (tertiary/aromatic N) is 4. The van der Waals surface area contributed by atoms with Gasteiger partial charge in [-0.25, -0.2) is 4.79 Å². The van der Waals surface area contributed by atoms with Gasteiger partial charge in [0.25, 0.3) is 0 Å². The van der Waals surface area contributed by atoms with E-state index in [9.17, 15) is 14.9 Å². The minimum Gasteiger partial charge on any atom is -0.361 e. The van der Waals surface area contributed by atoms with E-state index in [1.165, 1.54) is 6.20 Å². The van der Waals surface area contributed by atoms with Gasteiger partial charge in [0.05, 0.1) is 15.4 Å². The van der Waals surface area contributed by atoms with Gasteiger partial charge in [-0.3, -0.25) is 15.1 Å². The normalized spacial score (nSPS) is 21.6. The van der Waals surface area contributed by atoms with Crippen molar-refractivity contribution in [3.8, 4) is 0 Å². The molecular weight excluding hydrogens is 330 g/mol. The Hall–Kier alpha value is -1.90. The molecule has 0 aliphatic carbocycles. The topological polar surface area (TPSA) is 91.6 Å². The van der Waals surface area contributed by atoms with Gasteiger partial charge in [0.2, 0.25) is 0 Å². The Morgan fingerprint density at radius 1 is 1.45 bits per heavy atom. The predicted molar refractivity (Wildman–Crippen MR) is 74.7 cm³/mol. The largest absolute Gasteiger partial charge is 0.361 e. The van der Waals surface area contributed by atoms with Crippen LogP contribution in [0.5, 0.6) is 0 Å². The van der Waals surface area contributed by atoms with Crippen molar-refractivity contribution in [1.82, 2.24) is 15.2 Å². The van der Waals surface area contributed by atoms with Crippen LogP contribution in [-0.4, -0.2) is 53.1 Å². The van der Waals surface area contributed by atoms with E-state index < -0.39 is 4.92 Å². The summed E-state index contributed by atoms with van der Waals surface area (Å²) >= 11 is 3.33. The van der Waals surface area contributed by atoms with Crippen molar-refractivity contribution in [2.24, 2.45) is 0 Å². The highest BCUT2D eigenvalue weighted by atomic mass is 79.9. The van der Waals surface area contributed by atoms with E-state index >= 15 is 0 Å². The Bertz CT molecular complexity index is 581. The maximum absolute atomic E-state index is 11.6. The SMILES string of the molecule is O=C1NC[C@H]2CN(c3c(Br)cncc3[N+](=O)[O-])CCN12. The molecule has 106 valence electrons. The standard InChI is InChI=1S/C11H12BrN5O3/c12-8-4-13-5-9(17(19)20)10(8)15-1-2-16-7(6-15)3-14-11(16)18/h4-5,7H,1-3,6H2,(H,14,18)/t7-/m0/s1. The molecule has 2 fully saturated rings. The quantitative estimate of drug-likeness (QED) is 0.639. The van der Waals surface area contributed by atoms with Gasteiger partial charge >= 0.3 is 11.7 Å². The molecule has 1 atom stereocenters. The summed E-state index contributed by atoms with van der Waals surface area (Å²) in [4.78, 5) is 29.8. The molecule has 0 unspecified atom stereocenters. The van der Waals surface area contributed by atoms with Crippen LogP contribution >= 0.6 is 15.9 Å². The van der Waals surface area contributed by atoms with Crippen LogP contribution < -0.4 is 10.2 Å². The third kappa shape index (κ3) is 2.07. The summed E-state index contributed by atoms with van der Waals surface area (Å²) in [7, 11) is 0. The molecule has 3 heterocycles. The summed E-state index contributed by atoms with van der Waals surface area (Å²) in [6.07, 6.45) is 2.80. The first-order valence-electron chi connectivity index (χ1n) is 6.15. The number of nitro groups is 1. The Labute approximate surface area is 123 Å². The average molecular weight is 342 g/mol. The van der Waals surface area contributed by atoms with Gasteiger partial charge in [-0.15, -0.1) is 0 Å². The van der Waals surface area contributed by atoms with Crippen molar-refractivity contribution in [2.75, 3.05) is 31.1 Å². The number of halogens is 1. The number of amides is 2. The van der Waals surface area contributed by atoms with Crippen molar-refractivity contribution in [2.45, 2.75) is 6.04 Å². The highest BCUT2D eigenvalue weighted by Crippen LogP contribution is 2.36. The van der Waals surface area contributed by atoms with Crippen molar-refractivity contribution < 1.29 is 9.72 Å². The lowest BCUT2D eigenvalue weighted by Gasteiger charge is -2.37. The van der Waals surface area contributed by atoms with E-state index in [4.69, 9.17) is 0 Å². The summed E-state index contributed by atoms with van der Waals surface area (Å²) in [5.41, 5.74) is 0.508. The lowest BCUT2D eigenvalue weighted by atomic mass is 10.1. The molecule has 2 saturated heterocycles. The second-order valence-electron chi connectivity index (χ2n) is 4.73. The highest BCUT2D eigenvalue weighted by molar-refractivity contribution is 9.10. The summed E-state index contributed by atoms with van der Waals surface area (Å²) < 4.78 is 0.595. The van der Waals surface area contributed by atoms with Gasteiger partial charge in [0.1, 0.15) is 11.9 Å². The van der Waals surface area contributed by atoms with Crippen molar-refractivity contribution in [3.05, 3.63) is 27.0 Å². The number of hydrogen-bond donors (Lipinski definition) is 1.